The number of sulfonamides is 1. The van der Waals surface area contributed by atoms with Gasteiger partial charge in [-0.1, -0.05) is 52.7 Å². The van der Waals surface area contributed by atoms with Gasteiger partial charge in [0.1, 0.15) is 17.8 Å². The SMILES string of the molecule is CCc1nc2ccccc2nc1O[C@@H]1C[C@H]2C(=O)C[C@]3(C(=O)NS(=O)(=O)C4CC4)C[C@H]3CC(F)(F)CCCCC[C@H](NC(=O)C(C)(C)C)C(=O)N2C1. The van der Waals surface area contributed by atoms with E-state index in [0.717, 1.165) is 0 Å². The molecule has 0 radical (unpaired) electrons. The number of alkyl halides is 2. The molecule has 4 aliphatic rings. The average molecular weight is 746 g/mol. The number of fused-ring (bicyclic) bond motifs is 3. The first-order valence-electron chi connectivity index (χ1n) is 18.4. The number of hydrogen-bond donors (Lipinski definition) is 2. The Morgan fingerprint density at radius 2 is 1.71 bits per heavy atom. The lowest BCUT2D eigenvalue weighted by Gasteiger charge is -2.31. The topological polar surface area (TPSA) is 165 Å². The number of rotatable bonds is 7. The molecule has 2 aliphatic carbocycles. The average Bonchev–Trinajstić information content (AvgIpc) is 3.99. The van der Waals surface area contributed by atoms with Crippen molar-refractivity contribution in [3.63, 3.8) is 0 Å². The monoisotopic (exact) mass is 745 g/mol. The van der Waals surface area contributed by atoms with Crippen molar-refractivity contribution in [1.82, 2.24) is 24.9 Å². The van der Waals surface area contributed by atoms with E-state index in [2.05, 4.69) is 20.0 Å². The van der Waals surface area contributed by atoms with Gasteiger partial charge >= 0.3 is 0 Å². The van der Waals surface area contributed by atoms with E-state index in [9.17, 15) is 27.6 Å². The number of benzene rings is 1. The minimum Gasteiger partial charge on any atom is -0.471 e. The van der Waals surface area contributed by atoms with E-state index in [0.29, 0.717) is 48.8 Å². The molecule has 5 atom stereocenters. The number of nitrogens with zero attached hydrogens (tertiary/aromatic N) is 3. The highest BCUT2D eigenvalue weighted by Gasteiger charge is 2.64. The molecule has 284 valence electrons. The van der Waals surface area contributed by atoms with E-state index in [4.69, 9.17) is 4.74 Å². The van der Waals surface area contributed by atoms with Crippen LogP contribution in [0.1, 0.15) is 104 Å². The molecule has 2 saturated carbocycles. The maximum Gasteiger partial charge on any atom is 0.248 e. The minimum absolute atomic E-state index is 0.0150. The van der Waals surface area contributed by atoms with Crippen LogP contribution in [0.4, 0.5) is 8.78 Å². The Labute approximate surface area is 303 Å². The van der Waals surface area contributed by atoms with Gasteiger partial charge < -0.3 is 15.0 Å². The summed E-state index contributed by atoms with van der Waals surface area (Å²) in [7, 11) is -4.02. The summed E-state index contributed by atoms with van der Waals surface area (Å²) in [4.78, 5) is 66.5. The van der Waals surface area contributed by atoms with E-state index < -0.39 is 93.0 Å². The number of carbonyl (C=O) groups is 4. The number of aryl methyl sites for hydroxylation is 1. The molecule has 2 saturated heterocycles. The minimum atomic E-state index is -4.02. The number of hydrogen-bond acceptors (Lipinski definition) is 9. The molecule has 2 N–H and O–H groups in total. The van der Waals surface area contributed by atoms with Crippen molar-refractivity contribution in [2.75, 3.05) is 6.54 Å². The molecule has 0 bridgehead atoms. The molecule has 1 aromatic carbocycles. The summed E-state index contributed by atoms with van der Waals surface area (Å²) in [6.45, 7) is 7.00. The quantitative estimate of drug-likeness (QED) is 0.411. The lowest BCUT2D eigenvalue weighted by Crippen LogP contribution is -2.54. The molecule has 4 fully saturated rings. The van der Waals surface area contributed by atoms with Crippen LogP contribution in [-0.4, -0.2) is 82.7 Å². The number of halogens is 2. The zero-order chi connectivity index (χ0) is 37.6. The molecule has 52 heavy (non-hydrogen) atoms. The largest absolute Gasteiger partial charge is 0.471 e. The summed E-state index contributed by atoms with van der Waals surface area (Å²) < 4.78 is 64.8. The van der Waals surface area contributed by atoms with Crippen LogP contribution in [0.15, 0.2) is 24.3 Å². The first-order valence-corrected chi connectivity index (χ1v) is 20.0. The number of amides is 3. The van der Waals surface area contributed by atoms with Crippen molar-refractivity contribution in [1.29, 1.82) is 0 Å². The van der Waals surface area contributed by atoms with Gasteiger partial charge in [0, 0.05) is 31.1 Å². The Morgan fingerprint density at radius 1 is 1.02 bits per heavy atom. The smallest absolute Gasteiger partial charge is 0.248 e. The predicted molar refractivity (Wildman–Crippen MR) is 188 cm³/mol. The number of carbonyl (C=O) groups excluding carboxylic acids is 4. The van der Waals surface area contributed by atoms with Gasteiger partial charge in [0.2, 0.25) is 39.5 Å². The molecule has 3 amide bonds. The van der Waals surface area contributed by atoms with Crippen molar-refractivity contribution >= 4 is 44.6 Å². The third kappa shape index (κ3) is 8.23. The highest BCUT2D eigenvalue weighted by atomic mass is 32.2. The fourth-order valence-electron chi connectivity index (χ4n) is 7.48. The van der Waals surface area contributed by atoms with Gasteiger partial charge in [0.15, 0.2) is 5.78 Å². The van der Waals surface area contributed by atoms with E-state index in [1.165, 1.54) is 4.90 Å². The third-order valence-electron chi connectivity index (χ3n) is 10.9. The fraction of sp³-hybridized carbons (Fsp3) is 0.676. The second-order valence-corrected chi connectivity index (χ2v) is 18.1. The van der Waals surface area contributed by atoms with Gasteiger partial charge in [-0.05, 0) is 56.6 Å². The van der Waals surface area contributed by atoms with E-state index in [1.54, 1.807) is 26.8 Å². The molecule has 2 aromatic rings. The fourth-order valence-corrected chi connectivity index (χ4v) is 8.87. The Balaban J connectivity index is 1.34. The molecule has 0 spiro atoms. The maximum absolute atomic E-state index is 15.3. The van der Waals surface area contributed by atoms with Crippen LogP contribution < -0.4 is 14.8 Å². The van der Waals surface area contributed by atoms with Crippen LogP contribution in [0.2, 0.25) is 0 Å². The zero-order valence-electron chi connectivity index (χ0n) is 30.3. The Morgan fingerprint density at radius 3 is 2.37 bits per heavy atom. The van der Waals surface area contributed by atoms with Crippen LogP contribution in [0.25, 0.3) is 11.0 Å². The molecule has 3 heterocycles. The van der Waals surface area contributed by atoms with Crippen LogP contribution in [0, 0.1) is 16.7 Å². The number of ketones is 1. The molecular formula is C37H49F2N5O7S. The highest BCUT2D eigenvalue weighted by molar-refractivity contribution is 7.90. The van der Waals surface area contributed by atoms with Crippen molar-refractivity contribution in [2.24, 2.45) is 16.7 Å². The van der Waals surface area contributed by atoms with E-state index in [1.807, 2.05) is 25.1 Å². The van der Waals surface area contributed by atoms with Crippen LogP contribution >= 0.6 is 0 Å². The van der Waals surface area contributed by atoms with Crippen LogP contribution in [-0.2, 0) is 35.6 Å². The van der Waals surface area contributed by atoms with E-state index >= 15 is 8.78 Å². The van der Waals surface area contributed by atoms with Crippen molar-refractivity contribution in [2.45, 2.75) is 134 Å². The van der Waals surface area contributed by atoms with Gasteiger partial charge in [-0.15, -0.1) is 0 Å². The third-order valence-corrected chi connectivity index (χ3v) is 12.7. The highest BCUT2D eigenvalue weighted by Crippen LogP contribution is 2.60. The zero-order valence-corrected chi connectivity index (χ0v) is 31.1. The maximum atomic E-state index is 15.3. The summed E-state index contributed by atoms with van der Waals surface area (Å²) >= 11 is 0. The number of ether oxygens (including phenoxy) is 1. The summed E-state index contributed by atoms with van der Waals surface area (Å²) in [6, 6.07) is 5.15. The standard InChI is InChI=1S/C37H49F2N5O7S/c1-5-25-31(41-27-12-9-8-11-26(27)40-25)51-23-17-29-30(45)20-36(34(48)43-52(49,50)24-14-15-24)18-22(36)19-37(38,39)16-10-6-7-13-28(32(46)44(29)21-23)42-33(47)35(2,3)4/h8-9,11-12,22-24,28-29H,5-7,10,13-21H2,1-4H3,(H,42,47)(H,43,48)/t22-,23+,28-,29-,36+/m0/s1. The predicted octanol–water partition coefficient (Wildman–Crippen LogP) is 4.63. The lowest BCUT2D eigenvalue weighted by molar-refractivity contribution is -0.143. The number of nitrogens with one attached hydrogen (secondary N) is 2. The molecule has 1 aromatic heterocycles. The molecule has 0 unspecified atom stereocenters. The molecule has 6 rings (SSSR count). The van der Waals surface area contributed by atoms with Gasteiger partial charge in [-0.2, -0.15) is 0 Å². The molecule has 15 heteroatoms. The second-order valence-electron chi connectivity index (χ2n) is 16.1. The van der Waals surface area contributed by atoms with Gasteiger partial charge in [-0.25, -0.2) is 27.2 Å². The summed E-state index contributed by atoms with van der Waals surface area (Å²) in [6.07, 6.45) is -0.0374. The number of para-hydroxylation sites is 2. The summed E-state index contributed by atoms with van der Waals surface area (Å²) in [5, 5.41) is 2.12. The van der Waals surface area contributed by atoms with Gasteiger partial charge in [-0.3, -0.25) is 23.9 Å². The molecule has 2 aliphatic heterocycles. The first-order chi connectivity index (χ1) is 24.4. The second kappa shape index (κ2) is 14.2. The molecule has 12 nitrogen and oxygen atoms in total. The summed E-state index contributed by atoms with van der Waals surface area (Å²) in [5.41, 5.74) is -0.617. The van der Waals surface area contributed by atoms with Gasteiger partial charge in [0.25, 0.3) is 0 Å². The van der Waals surface area contributed by atoms with Crippen LogP contribution in [0.5, 0.6) is 5.88 Å². The normalized spacial score (nSPS) is 28.6. The summed E-state index contributed by atoms with van der Waals surface area (Å²) in [5.74, 6) is -6.19. The molecular weight excluding hydrogens is 696 g/mol. The van der Waals surface area contributed by atoms with Crippen molar-refractivity contribution in [3.8, 4) is 5.88 Å². The lowest BCUT2D eigenvalue weighted by atomic mass is 9.89. The number of Topliss-reactive ketones (excluding diaryl/α,β-unsaturated/α-hetero) is 1. The van der Waals surface area contributed by atoms with Crippen molar-refractivity contribution < 1.29 is 41.1 Å². The Hall–Kier alpha value is -3.75. The first kappa shape index (κ1) is 38.0. The Kier molecular flexibility index (Phi) is 10.4. The Bertz CT molecular complexity index is 1850. The van der Waals surface area contributed by atoms with Crippen molar-refractivity contribution in [3.05, 3.63) is 30.0 Å². The van der Waals surface area contributed by atoms with E-state index in [-0.39, 0.29) is 44.0 Å². The van der Waals surface area contributed by atoms with Crippen LogP contribution in [0.3, 0.4) is 0 Å². The number of aromatic nitrogens is 2. The van der Waals surface area contributed by atoms with Gasteiger partial charge in [0.05, 0.1) is 34.3 Å².